The molecule has 0 unspecified atom stereocenters. The number of thiazole rings is 1. The molecule has 2 heterocycles. The quantitative estimate of drug-likeness (QED) is 0.545. The molecule has 3 rings (SSSR count). The van der Waals surface area contributed by atoms with Crippen LogP contribution in [0.5, 0.6) is 5.75 Å². The van der Waals surface area contributed by atoms with E-state index in [0.717, 1.165) is 11.4 Å². The van der Waals surface area contributed by atoms with Gasteiger partial charge in [-0.15, -0.1) is 11.3 Å². The Morgan fingerprint density at radius 2 is 2.05 bits per heavy atom. The zero-order chi connectivity index (χ0) is 13.9. The van der Waals surface area contributed by atoms with Gasteiger partial charge in [-0.1, -0.05) is 0 Å². The molecule has 100 valence electrons. The summed E-state index contributed by atoms with van der Waals surface area (Å²) in [6.07, 6.45) is 1.49. The number of carbonyl (C=O) groups is 1. The smallest absolute Gasteiger partial charge is 0.363 e. The van der Waals surface area contributed by atoms with E-state index in [1.807, 2.05) is 19.2 Å². The molecule has 0 fully saturated rings. The summed E-state index contributed by atoms with van der Waals surface area (Å²) in [7, 11) is 1.82. The fourth-order valence-electron chi connectivity index (χ4n) is 1.70. The number of hydrogen-bond donors (Lipinski definition) is 0. The summed E-state index contributed by atoms with van der Waals surface area (Å²) < 4.78 is 6.90. The second-order valence-corrected chi connectivity index (χ2v) is 4.71. The fourth-order valence-corrected chi connectivity index (χ4v) is 2.22. The highest BCUT2D eigenvalue weighted by atomic mass is 32.1. The number of nitrogens with zero attached hydrogens (tertiary/aromatic N) is 4. The average Bonchev–Trinajstić information content (AvgIpc) is 3.11. The van der Waals surface area contributed by atoms with Crippen molar-refractivity contribution in [1.82, 2.24) is 19.7 Å². The highest BCUT2D eigenvalue weighted by molar-refractivity contribution is 7.07. The maximum Gasteiger partial charge on any atom is 0.363 e. The van der Waals surface area contributed by atoms with E-state index in [1.54, 1.807) is 27.7 Å². The van der Waals surface area contributed by atoms with Gasteiger partial charge in [0.1, 0.15) is 12.1 Å². The van der Waals surface area contributed by atoms with Crippen LogP contribution in [0.3, 0.4) is 0 Å². The van der Waals surface area contributed by atoms with Crippen LogP contribution in [-0.2, 0) is 7.05 Å². The van der Waals surface area contributed by atoms with E-state index in [1.165, 1.54) is 17.7 Å². The van der Waals surface area contributed by atoms with Gasteiger partial charge >= 0.3 is 5.97 Å². The van der Waals surface area contributed by atoms with Crippen molar-refractivity contribution >= 4 is 17.3 Å². The molecule has 0 aliphatic heterocycles. The molecule has 2 aromatic heterocycles. The first kappa shape index (κ1) is 12.5. The normalized spacial score (nSPS) is 10.4. The molecule has 3 aromatic rings. The van der Waals surface area contributed by atoms with Crippen molar-refractivity contribution in [2.45, 2.75) is 0 Å². The van der Waals surface area contributed by atoms with Gasteiger partial charge < -0.3 is 4.74 Å². The van der Waals surface area contributed by atoms with Gasteiger partial charge in [0.05, 0.1) is 5.51 Å². The maximum atomic E-state index is 11.7. The summed E-state index contributed by atoms with van der Waals surface area (Å²) in [5.74, 6) is 0.758. The third-order valence-electron chi connectivity index (χ3n) is 2.68. The van der Waals surface area contributed by atoms with Crippen molar-refractivity contribution in [3.05, 3.63) is 47.2 Å². The van der Waals surface area contributed by atoms with Crippen LogP contribution in [0.25, 0.3) is 11.4 Å². The number of esters is 1. The first-order chi connectivity index (χ1) is 9.74. The number of carbonyl (C=O) groups excluding carboxylic acids is 1. The average molecular weight is 286 g/mol. The van der Waals surface area contributed by atoms with Crippen LogP contribution in [0.4, 0.5) is 0 Å². The van der Waals surface area contributed by atoms with Gasteiger partial charge in [0, 0.05) is 18.0 Å². The molecule has 6 nitrogen and oxygen atoms in total. The lowest BCUT2D eigenvalue weighted by Crippen LogP contribution is -2.08. The lowest BCUT2D eigenvalue weighted by molar-refractivity contribution is 0.0729. The van der Waals surface area contributed by atoms with E-state index in [2.05, 4.69) is 15.1 Å². The van der Waals surface area contributed by atoms with E-state index in [4.69, 9.17) is 4.74 Å². The fraction of sp³-hybridized carbons (Fsp3) is 0.0769. The molecule has 1 aromatic carbocycles. The second kappa shape index (κ2) is 5.22. The molecule has 0 aliphatic rings. The summed E-state index contributed by atoms with van der Waals surface area (Å²) in [4.78, 5) is 19.8. The molecule has 0 saturated heterocycles. The van der Waals surface area contributed by atoms with Gasteiger partial charge in [-0.3, -0.25) is 0 Å². The molecule has 0 bridgehead atoms. The van der Waals surface area contributed by atoms with Gasteiger partial charge in [0.15, 0.2) is 11.5 Å². The Morgan fingerprint density at radius 1 is 1.25 bits per heavy atom. The number of benzene rings is 1. The number of aromatic nitrogens is 4. The lowest BCUT2D eigenvalue weighted by atomic mass is 10.2. The molecular formula is C13H10N4O2S. The molecule has 0 N–H and O–H groups in total. The Bertz CT molecular complexity index is 719. The minimum atomic E-state index is -0.461. The van der Waals surface area contributed by atoms with E-state index >= 15 is 0 Å². The highest BCUT2D eigenvalue weighted by Gasteiger charge is 2.11. The van der Waals surface area contributed by atoms with Gasteiger partial charge in [-0.2, -0.15) is 5.10 Å². The van der Waals surface area contributed by atoms with Crippen molar-refractivity contribution in [3.8, 4) is 17.1 Å². The molecule has 0 aliphatic carbocycles. The maximum absolute atomic E-state index is 11.7. The van der Waals surface area contributed by atoms with Crippen LogP contribution in [0.2, 0.25) is 0 Å². The Kier molecular flexibility index (Phi) is 3.26. The predicted molar refractivity (Wildman–Crippen MR) is 73.5 cm³/mol. The van der Waals surface area contributed by atoms with Crippen LogP contribution in [0.1, 0.15) is 10.5 Å². The van der Waals surface area contributed by atoms with Crippen molar-refractivity contribution in [1.29, 1.82) is 0 Å². The molecule has 0 spiro atoms. The molecule has 0 amide bonds. The molecule has 20 heavy (non-hydrogen) atoms. The van der Waals surface area contributed by atoms with Crippen LogP contribution >= 0.6 is 11.3 Å². The summed E-state index contributed by atoms with van der Waals surface area (Å²) in [6.45, 7) is 0. The Balaban J connectivity index is 1.77. The molecule has 7 heteroatoms. The van der Waals surface area contributed by atoms with Gasteiger partial charge in [0.2, 0.25) is 0 Å². The summed E-state index contributed by atoms with van der Waals surface area (Å²) in [5.41, 5.74) is 2.80. The molecule has 0 saturated carbocycles. The summed E-state index contributed by atoms with van der Waals surface area (Å²) in [6, 6.07) is 7.09. The summed E-state index contributed by atoms with van der Waals surface area (Å²) >= 11 is 1.35. The van der Waals surface area contributed by atoms with Gasteiger partial charge in [0.25, 0.3) is 0 Å². The Hall–Kier alpha value is -2.54. The van der Waals surface area contributed by atoms with Crippen molar-refractivity contribution in [3.63, 3.8) is 0 Å². The second-order valence-electron chi connectivity index (χ2n) is 3.99. The predicted octanol–water partition coefficient (Wildman–Crippen LogP) is 2.16. The minimum absolute atomic E-state index is 0.312. The van der Waals surface area contributed by atoms with Gasteiger partial charge in [-0.25, -0.2) is 19.4 Å². The standard InChI is InChI=1S/C13H10N4O2S/c1-17-12(14-7-16-17)9-2-4-10(5-3-9)19-13(18)11-6-20-8-15-11/h2-8H,1H3. The lowest BCUT2D eigenvalue weighted by Gasteiger charge is -2.04. The molecule has 0 atom stereocenters. The van der Waals surface area contributed by atoms with Crippen molar-refractivity contribution in [2.24, 2.45) is 7.05 Å². The number of rotatable bonds is 3. The topological polar surface area (TPSA) is 69.9 Å². The first-order valence-corrected chi connectivity index (χ1v) is 6.73. The number of hydrogen-bond acceptors (Lipinski definition) is 6. The summed E-state index contributed by atoms with van der Waals surface area (Å²) in [5, 5.41) is 5.66. The number of ether oxygens (including phenoxy) is 1. The monoisotopic (exact) mass is 286 g/mol. The third-order valence-corrected chi connectivity index (χ3v) is 3.26. The van der Waals surface area contributed by atoms with Crippen molar-refractivity contribution < 1.29 is 9.53 Å². The van der Waals surface area contributed by atoms with Crippen LogP contribution < -0.4 is 4.74 Å². The Morgan fingerprint density at radius 3 is 2.65 bits per heavy atom. The van der Waals surface area contributed by atoms with Crippen LogP contribution in [0.15, 0.2) is 41.5 Å². The van der Waals surface area contributed by atoms with E-state index in [-0.39, 0.29) is 0 Å². The highest BCUT2D eigenvalue weighted by Crippen LogP contribution is 2.20. The zero-order valence-corrected chi connectivity index (χ0v) is 11.4. The van der Waals surface area contributed by atoms with E-state index in [9.17, 15) is 4.79 Å². The third kappa shape index (κ3) is 2.43. The largest absolute Gasteiger partial charge is 0.422 e. The first-order valence-electron chi connectivity index (χ1n) is 5.79. The van der Waals surface area contributed by atoms with E-state index in [0.29, 0.717) is 11.4 Å². The minimum Gasteiger partial charge on any atom is -0.422 e. The van der Waals surface area contributed by atoms with Crippen LogP contribution in [0, 0.1) is 0 Å². The number of aryl methyl sites for hydroxylation is 1. The molecule has 0 radical (unpaired) electrons. The van der Waals surface area contributed by atoms with Gasteiger partial charge in [-0.05, 0) is 24.3 Å². The molecular weight excluding hydrogens is 276 g/mol. The zero-order valence-electron chi connectivity index (χ0n) is 10.6. The van der Waals surface area contributed by atoms with Crippen LogP contribution in [-0.4, -0.2) is 25.7 Å². The van der Waals surface area contributed by atoms with E-state index < -0.39 is 5.97 Å². The van der Waals surface area contributed by atoms with Crippen molar-refractivity contribution in [2.75, 3.05) is 0 Å². The Labute approximate surface area is 118 Å². The SMILES string of the molecule is Cn1ncnc1-c1ccc(OC(=O)c2cscn2)cc1.